The molecule has 1 aromatic carbocycles. The van der Waals surface area contributed by atoms with E-state index in [1.54, 1.807) is 24.3 Å². The van der Waals surface area contributed by atoms with E-state index >= 15 is 0 Å². The summed E-state index contributed by atoms with van der Waals surface area (Å²) < 4.78 is 10.1. The molecule has 2 rings (SSSR count). The Kier molecular flexibility index (Phi) is 5.94. The molecule has 0 fully saturated rings. The van der Waals surface area contributed by atoms with Crippen molar-refractivity contribution in [2.45, 2.75) is 12.5 Å². The number of aliphatic hydroxyl groups excluding tert-OH is 1. The van der Waals surface area contributed by atoms with Gasteiger partial charge in [0.1, 0.15) is 0 Å². The van der Waals surface area contributed by atoms with E-state index in [0.29, 0.717) is 29.3 Å². The topological polar surface area (TPSA) is 84.6 Å². The summed E-state index contributed by atoms with van der Waals surface area (Å²) in [4.78, 5) is 16.1. The number of hydrogen-bond acceptors (Lipinski definition) is 5. The van der Waals surface area contributed by atoms with Crippen molar-refractivity contribution >= 4 is 17.5 Å². The second-order valence-electron chi connectivity index (χ2n) is 4.66. The molecule has 6 nitrogen and oxygen atoms in total. The number of amides is 1. The molecule has 1 heterocycles. The molecule has 0 saturated carbocycles. The van der Waals surface area contributed by atoms with E-state index in [9.17, 15) is 9.90 Å². The third-order valence-corrected chi connectivity index (χ3v) is 3.35. The van der Waals surface area contributed by atoms with Crippen LogP contribution in [-0.2, 0) is 4.74 Å². The van der Waals surface area contributed by atoms with E-state index in [4.69, 9.17) is 20.8 Å². The van der Waals surface area contributed by atoms with Gasteiger partial charge in [-0.25, -0.2) is 4.98 Å². The van der Waals surface area contributed by atoms with E-state index in [1.807, 2.05) is 0 Å². The summed E-state index contributed by atoms with van der Waals surface area (Å²) in [5, 5.41) is 12.7. The zero-order chi connectivity index (χ0) is 15.9. The van der Waals surface area contributed by atoms with Crippen LogP contribution >= 0.6 is 11.6 Å². The van der Waals surface area contributed by atoms with Crippen molar-refractivity contribution in [3.8, 4) is 11.3 Å². The first-order valence-electron chi connectivity index (χ1n) is 6.77. The Labute approximate surface area is 133 Å². The summed E-state index contributed by atoms with van der Waals surface area (Å²) in [6, 6.07) is 7.05. The molecule has 0 aliphatic carbocycles. The van der Waals surface area contributed by atoms with Crippen molar-refractivity contribution in [2.24, 2.45) is 0 Å². The normalized spacial score (nSPS) is 12.1. The van der Waals surface area contributed by atoms with E-state index in [2.05, 4.69) is 10.3 Å². The van der Waals surface area contributed by atoms with Crippen LogP contribution in [0.25, 0.3) is 11.3 Å². The lowest BCUT2D eigenvalue weighted by Crippen LogP contribution is -2.29. The lowest BCUT2D eigenvalue weighted by molar-refractivity contribution is 0.0587. The maximum Gasteiger partial charge on any atom is 0.273 e. The van der Waals surface area contributed by atoms with Gasteiger partial charge >= 0.3 is 0 Å². The van der Waals surface area contributed by atoms with Crippen LogP contribution in [0.5, 0.6) is 0 Å². The second kappa shape index (κ2) is 7.93. The molecule has 1 amide bonds. The number of aliphatic hydroxyl groups is 1. The summed E-state index contributed by atoms with van der Waals surface area (Å²) in [5.74, 6) is -0.0613. The lowest BCUT2D eigenvalue weighted by atomic mass is 10.1. The molecule has 2 aromatic rings. The number of nitrogens with zero attached hydrogens (tertiary/aromatic N) is 1. The fourth-order valence-electron chi connectivity index (χ4n) is 1.96. The highest BCUT2D eigenvalue weighted by atomic mass is 35.5. The third kappa shape index (κ3) is 4.07. The maximum atomic E-state index is 12.2. The molecule has 0 aliphatic heterocycles. The molecule has 118 valence electrons. The molecule has 22 heavy (non-hydrogen) atoms. The van der Waals surface area contributed by atoms with Gasteiger partial charge in [-0.15, -0.1) is 0 Å². The lowest BCUT2D eigenvalue weighted by Gasteiger charge is -2.09. The monoisotopic (exact) mass is 324 g/mol. The number of rotatable bonds is 7. The zero-order valence-corrected chi connectivity index (χ0v) is 12.8. The Hall–Kier alpha value is -1.89. The van der Waals surface area contributed by atoms with Crippen molar-refractivity contribution in [1.29, 1.82) is 0 Å². The largest absolute Gasteiger partial charge is 0.443 e. The van der Waals surface area contributed by atoms with E-state index < -0.39 is 6.10 Å². The number of halogens is 1. The Bertz CT molecular complexity index is 630. The number of carbonyl (C=O) groups is 1. The number of benzene rings is 1. The highest BCUT2D eigenvalue weighted by molar-refractivity contribution is 6.33. The molecule has 0 aliphatic rings. The van der Waals surface area contributed by atoms with Crippen LogP contribution in [0, 0.1) is 0 Å². The molecule has 0 saturated heterocycles. The molecule has 7 heteroatoms. The van der Waals surface area contributed by atoms with Gasteiger partial charge in [0.2, 0.25) is 0 Å². The average molecular weight is 325 g/mol. The second-order valence-corrected chi connectivity index (χ2v) is 5.07. The Morgan fingerprint density at radius 3 is 3.00 bits per heavy atom. The number of methoxy groups -OCH3 is 1. The van der Waals surface area contributed by atoms with Gasteiger partial charge in [-0.1, -0.05) is 23.7 Å². The average Bonchev–Trinajstić information content (AvgIpc) is 2.97. The fraction of sp³-hybridized carbons (Fsp3) is 0.333. The number of carbonyl (C=O) groups excluding carboxylic acids is 1. The summed E-state index contributed by atoms with van der Waals surface area (Å²) in [6.45, 7) is 0.531. The van der Waals surface area contributed by atoms with Crippen molar-refractivity contribution in [1.82, 2.24) is 10.3 Å². The van der Waals surface area contributed by atoms with E-state index in [0.717, 1.165) is 0 Å². The first-order valence-corrected chi connectivity index (χ1v) is 7.15. The van der Waals surface area contributed by atoms with Gasteiger partial charge < -0.3 is 19.6 Å². The highest BCUT2D eigenvalue weighted by Crippen LogP contribution is 2.29. The minimum absolute atomic E-state index is 0.161. The Morgan fingerprint density at radius 2 is 2.27 bits per heavy atom. The maximum absolute atomic E-state index is 12.2. The Morgan fingerprint density at radius 1 is 1.50 bits per heavy atom. The fourth-order valence-corrected chi connectivity index (χ4v) is 2.18. The van der Waals surface area contributed by atoms with Gasteiger partial charge in [-0.3, -0.25) is 4.79 Å². The molecule has 1 unspecified atom stereocenters. The van der Waals surface area contributed by atoms with Gasteiger partial charge in [0.05, 0.1) is 17.7 Å². The van der Waals surface area contributed by atoms with Crippen LogP contribution in [0.2, 0.25) is 5.02 Å². The van der Waals surface area contributed by atoms with Crippen LogP contribution < -0.4 is 5.32 Å². The first kappa shape index (κ1) is 16.5. The molecule has 1 atom stereocenters. The van der Waals surface area contributed by atoms with Crippen molar-refractivity contribution in [2.75, 3.05) is 20.3 Å². The minimum atomic E-state index is -0.620. The zero-order valence-electron chi connectivity index (χ0n) is 12.1. The van der Waals surface area contributed by atoms with E-state index in [-0.39, 0.29) is 18.2 Å². The van der Waals surface area contributed by atoms with Gasteiger partial charge in [0, 0.05) is 19.2 Å². The molecule has 2 N–H and O–H groups in total. The smallest absolute Gasteiger partial charge is 0.273 e. The number of oxazole rings is 1. The SMILES string of the molecule is COCC(O)CCNC(=O)c1ncoc1-c1ccccc1Cl. The van der Waals surface area contributed by atoms with Crippen molar-refractivity contribution in [3.05, 3.63) is 41.4 Å². The summed E-state index contributed by atoms with van der Waals surface area (Å²) in [7, 11) is 1.51. The molecule has 0 spiro atoms. The van der Waals surface area contributed by atoms with Gasteiger partial charge in [0.25, 0.3) is 5.91 Å². The predicted octanol–water partition coefficient (Wildman–Crippen LogP) is 2.12. The van der Waals surface area contributed by atoms with Crippen molar-refractivity contribution in [3.63, 3.8) is 0 Å². The Balaban J connectivity index is 2.03. The molecule has 1 aromatic heterocycles. The quantitative estimate of drug-likeness (QED) is 0.815. The van der Waals surface area contributed by atoms with E-state index in [1.165, 1.54) is 13.5 Å². The molecular formula is C15H17ClN2O4. The number of nitrogens with one attached hydrogen (secondary N) is 1. The summed E-state index contributed by atoms with van der Waals surface area (Å²) in [6.07, 6.45) is 0.970. The minimum Gasteiger partial charge on any atom is -0.443 e. The first-order chi connectivity index (χ1) is 10.6. The number of hydrogen-bond donors (Lipinski definition) is 2. The molecule has 0 bridgehead atoms. The van der Waals surface area contributed by atoms with Gasteiger partial charge in [0.15, 0.2) is 17.8 Å². The summed E-state index contributed by atoms with van der Waals surface area (Å²) >= 11 is 6.11. The van der Waals surface area contributed by atoms with Crippen LogP contribution in [0.4, 0.5) is 0 Å². The highest BCUT2D eigenvalue weighted by Gasteiger charge is 2.19. The van der Waals surface area contributed by atoms with Gasteiger partial charge in [-0.05, 0) is 18.6 Å². The molecule has 0 radical (unpaired) electrons. The number of aromatic nitrogens is 1. The van der Waals surface area contributed by atoms with Crippen LogP contribution in [0.3, 0.4) is 0 Å². The third-order valence-electron chi connectivity index (χ3n) is 3.02. The van der Waals surface area contributed by atoms with Crippen LogP contribution in [-0.4, -0.2) is 42.4 Å². The van der Waals surface area contributed by atoms with Crippen LogP contribution in [0.1, 0.15) is 16.9 Å². The van der Waals surface area contributed by atoms with Crippen molar-refractivity contribution < 1.29 is 19.1 Å². The molecular weight excluding hydrogens is 308 g/mol. The summed E-state index contributed by atoms with van der Waals surface area (Å²) in [5.41, 5.74) is 0.764. The van der Waals surface area contributed by atoms with Crippen LogP contribution in [0.15, 0.2) is 35.1 Å². The van der Waals surface area contributed by atoms with Gasteiger partial charge in [-0.2, -0.15) is 0 Å². The number of ether oxygens (including phenoxy) is 1. The standard InChI is InChI=1S/C15H17ClN2O4/c1-21-8-10(19)6-7-17-15(20)13-14(22-9-18-13)11-4-2-3-5-12(11)16/h2-5,9-10,19H,6-8H2,1H3,(H,17,20). The predicted molar refractivity (Wildman–Crippen MR) is 81.8 cm³/mol.